The molecule has 1 atom stereocenters. The predicted molar refractivity (Wildman–Crippen MR) is 83.9 cm³/mol. The fourth-order valence-electron chi connectivity index (χ4n) is 2.90. The Bertz CT molecular complexity index is 646. The van der Waals surface area contributed by atoms with Crippen LogP contribution in [-0.4, -0.2) is 12.4 Å². The first-order valence-corrected chi connectivity index (χ1v) is 7.62. The van der Waals surface area contributed by atoms with Crippen molar-refractivity contribution in [2.45, 2.75) is 26.2 Å². The smallest absolute Gasteiger partial charge is 0.169 e. The lowest BCUT2D eigenvalue weighted by atomic mass is 9.89. The predicted octanol–water partition coefficient (Wildman–Crippen LogP) is 4.07. The van der Waals surface area contributed by atoms with E-state index in [9.17, 15) is 4.79 Å². The lowest BCUT2D eigenvalue weighted by Gasteiger charge is -2.24. The number of benzene rings is 2. The fourth-order valence-corrected chi connectivity index (χ4v) is 2.90. The number of hydrogen-bond acceptors (Lipinski definition) is 2. The van der Waals surface area contributed by atoms with Gasteiger partial charge in [0.05, 0.1) is 12.5 Å². The van der Waals surface area contributed by atoms with Gasteiger partial charge in [0.25, 0.3) is 0 Å². The molecular weight excluding hydrogens is 260 g/mol. The van der Waals surface area contributed by atoms with Crippen molar-refractivity contribution < 1.29 is 9.53 Å². The van der Waals surface area contributed by atoms with E-state index in [1.807, 2.05) is 42.5 Å². The minimum absolute atomic E-state index is 0.0724. The van der Waals surface area contributed by atoms with Crippen LogP contribution in [-0.2, 0) is 12.8 Å². The van der Waals surface area contributed by atoms with Gasteiger partial charge in [0, 0.05) is 5.56 Å². The van der Waals surface area contributed by atoms with Crippen molar-refractivity contribution in [1.82, 2.24) is 0 Å². The van der Waals surface area contributed by atoms with Gasteiger partial charge in [-0.05, 0) is 36.1 Å². The van der Waals surface area contributed by atoms with Crippen molar-refractivity contribution in [1.29, 1.82) is 0 Å². The maximum Gasteiger partial charge on any atom is 0.169 e. The molecule has 2 aromatic carbocycles. The van der Waals surface area contributed by atoms with Gasteiger partial charge in [-0.25, -0.2) is 0 Å². The highest BCUT2D eigenvalue weighted by Gasteiger charge is 2.26. The minimum atomic E-state index is -0.0724. The van der Waals surface area contributed by atoms with Crippen LogP contribution in [0.1, 0.15) is 34.8 Å². The molecule has 108 valence electrons. The summed E-state index contributed by atoms with van der Waals surface area (Å²) in [5.74, 6) is 1.04. The Morgan fingerprint density at radius 1 is 1.19 bits per heavy atom. The minimum Gasteiger partial charge on any atom is -0.493 e. The van der Waals surface area contributed by atoms with Crippen molar-refractivity contribution >= 4 is 5.78 Å². The first kappa shape index (κ1) is 13.9. The number of rotatable bonds is 4. The number of aryl methyl sites for hydroxylation is 1. The summed E-state index contributed by atoms with van der Waals surface area (Å²) in [6.45, 7) is 2.63. The SMILES string of the molecule is CCCc1cccc(C(=O)C2COc3ccccc3C2)c1. The van der Waals surface area contributed by atoms with Gasteiger partial charge < -0.3 is 4.74 Å². The van der Waals surface area contributed by atoms with Gasteiger partial charge in [0.1, 0.15) is 5.75 Å². The zero-order valence-corrected chi connectivity index (χ0v) is 12.3. The lowest BCUT2D eigenvalue weighted by molar-refractivity contribution is 0.0855. The van der Waals surface area contributed by atoms with Gasteiger partial charge in [0.15, 0.2) is 5.78 Å². The number of carbonyl (C=O) groups is 1. The molecule has 0 fully saturated rings. The molecule has 0 bridgehead atoms. The molecule has 1 aliphatic rings. The Morgan fingerprint density at radius 2 is 2.05 bits per heavy atom. The molecule has 2 nitrogen and oxygen atoms in total. The third-order valence-corrected chi connectivity index (χ3v) is 4.00. The van der Waals surface area contributed by atoms with Crippen molar-refractivity contribution in [2.75, 3.05) is 6.61 Å². The maximum atomic E-state index is 12.7. The molecule has 0 amide bonds. The van der Waals surface area contributed by atoms with Crippen molar-refractivity contribution in [3.8, 4) is 5.75 Å². The highest BCUT2D eigenvalue weighted by atomic mass is 16.5. The molecule has 0 saturated carbocycles. The number of hydrogen-bond donors (Lipinski definition) is 0. The number of ketones is 1. The molecule has 1 heterocycles. The average molecular weight is 280 g/mol. The van der Waals surface area contributed by atoms with Crippen LogP contribution in [0.15, 0.2) is 48.5 Å². The number of carbonyl (C=O) groups excluding carboxylic acids is 1. The molecule has 0 aromatic heterocycles. The van der Waals surface area contributed by atoms with E-state index in [-0.39, 0.29) is 11.7 Å². The summed E-state index contributed by atoms with van der Waals surface area (Å²) in [7, 11) is 0. The van der Waals surface area contributed by atoms with Crippen LogP contribution in [0.5, 0.6) is 5.75 Å². The Labute approximate surface area is 125 Å². The molecule has 1 aliphatic heterocycles. The third kappa shape index (κ3) is 2.99. The molecule has 3 rings (SSSR count). The normalized spacial score (nSPS) is 16.9. The van der Waals surface area contributed by atoms with E-state index >= 15 is 0 Å². The van der Waals surface area contributed by atoms with Gasteiger partial charge in [-0.3, -0.25) is 4.79 Å². The summed E-state index contributed by atoms with van der Waals surface area (Å²) in [6.07, 6.45) is 2.88. The molecule has 2 heteroatoms. The summed E-state index contributed by atoms with van der Waals surface area (Å²) in [6, 6.07) is 16.0. The molecule has 1 unspecified atom stereocenters. The van der Waals surface area contributed by atoms with E-state index in [2.05, 4.69) is 13.0 Å². The van der Waals surface area contributed by atoms with Gasteiger partial charge in [-0.1, -0.05) is 49.7 Å². The van der Waals surface area contributed by atoms with E-state index in [0.29, 0.717) is 6.61 Å². The largest absolute Gasteiger partial charge is 0.493 e. The van der Waals surface area contributed by atoms with Gasteiger partial charge >= 0.3 is 0 Å². The van der Waals surface area contributed by atoms with Crippen LogP contribution in [0.2, 0.25) is 0 Å². The van der Waals surface area contributed by atoms with Crippen molar-refractivity contribution in [2.24, 2.45) is 5.92 Å². The van der Waals surface area contributed by atoms with Crippen LogP contribution in [0.3, 0.4) is 0 Å². The molecule has 2 aromatic rings. The highest BCUT2D eigenvalue weighted by Crippen LogP contribution is 2.28. The summed E-state index contributed by atoms with van der Waals surface area (Å²) >= 11 is 0. The third-order valence-electron chi connectivity index (χ3n) is 4.00. The number of para-hydroxylation sites is 1. The first-order valence-electron chi connectivity index (χ1n) is 7.62. The zero-order chi connectivity index (χ0) is 14.7. The summed E-state index contributed by atoms with van der Waals surface area (Å²) < 4.78 is 5.74. The topological polar surface area (TPSA) is 26.3 Å². The van der Waals surface area contributed by atoms with E-state index in [1.54, 1.807) is 0 Å². The molecule has 0 saturated heterocycles. The molecule has 21 heavy (non-hydrogen) atoms. The Hall–Kier alpha value is -2.09. The maximum absolute atomic E-state index is 12.7. The Balaban J connectivity index is 1.79. The van der Waals surface area contributed by atoms with Crippen LogP contribution in [0.25, 0.3) is 0 Å². The fraction of sp³-hybridized carbons (Fsp3) is 0.316. The molecule has 0 radical (unpaired) electrons. The second-order valence-electron chi connectivity index (χ2n) is 5.63. The second-order valence-corrected chi connectivity index (χ2v) is 5.63. The van der Waals surface area contributed by atoms with Crippen molar-refractivity contribution in [3.05, 3.63) is 65.2 Å². The van der Waals surface area contributed by atoms with E-state index < -0.39 is 0 Å². The van der Waals surface area contributed by atoms with Gasteiger partial charge in [0.2, 0.25) is 0 Å². The first-order chi connectivity index (χ1) is 10.3. The number of Topliss-reactive ketones (excluding diaryl/α,β-unsaturated/α-hetero) is 1. The summed E-state index contributed by atoms with van der Waals surface area (Å²) in [5, 5.41) is 0. The molecule has 0 aliphatic carbocycles. The zero-order valence-electron chi connectivity index (χ0n) is 12.3. The van der Waals surface area contributed by atoms with Gasteiger partial charge in [-0.15, -0.1) is 0 Å². The molecule has 0 N–H and O–H groups in total. The van der Waals surface area contributed by atoms with Crippen LogP contribution in [0.4, 0.5) is 0 Å². The second kappa shape index (κ2) is 6.13. The Morgan fingerprint density at radius 3 is 2.90 bits per heavy atom. The Kier molecular flexibility index (Phi) is 4.05. The number of fused-ring (bicyclic) bond motifs is 1. The lowest BCUT2D eigenvalue weighted by Crippen LogP contribution is -2.28. The highest BCUT2D eigenvalue weighted by molar-refractivity contribution is 5.98. The van der Waals surface area contributed by atoms with E-state index in [4.69, 9.17) is 4.74 Å². The van der Waals surface area contributed by atoms with E-state index in [1.165, 1.54) is 5.56 Å². The standard InChI is InChI=1S/C19H20O2/c1-2-6-14-7-5-9-16(11-14)19(20)17-12-15-8-3-4-10-18(15)21-13-17/h3-5,7-11,17H,2,6,12-13H2,1H3. The van der Waals surface area contributed by atoms with Gasteiger partial charge in [-0.2, -0.15) is 0 Å². The monoisotopic (exact) mass is 280 g/mol. The molecular formula is C19H20O2. The molecule has 0 spiro atoms. The average Bonchev–Trinajstić information content (AvgIpc) is 2.54. The number of ether oxygens (including phenoxy) is 1. The van der Waals surface area contributed by atoms with Crippen LogP contribution in [0, 0.1) is 5.92 Å². The quantitative estimate of drug-likeness (QED) is 0.789. The van der Waals surface area contributed by atoms with Crippen molar-refractivity contribution in [3.63, 3.8) is 0 Å². The summed E-state index contributed by atoms with van der Waals surface area (Å²) in [4.78, 5) is 12.7. The van der Waals surface area contributed by atoms with E-state index in [0.717, 1.165) is 36.1 Å². The summed E-state index contributed by atoms with van der Waals surface area (Å²) in [5.41, 5.74) is 3.18. The van der Waals surface area contributed by atoms with Crippen LogP contribution >= 0.6 is 0 Å². The van der Waals surface area contributed by atoms with Crippen LogP contribution < -0.4 is 4.74 Å².